The van der Waals surface area contributed by atoms with Crippen molar-refractivity contribution in [2.24, 2.45) is 0 Å². The van der Waals surface area contributed by atoms with Gasteiger partial charge >= 0.3 is 0 Å². The molecule has 64 valence electrons. The minimum atomic E-state index is 1.29. The van der Waals surface area contributed by atoms with Crippen LogP contribution in [0.3, 0.4) is 0 Å². The lowest BCUT2D eigenvalue weighted by Gasteiger charge is -1.92. The molecule has 0 unspecified atom stereocenters. The van der Waals surface area contributed by atoms with Gasteiger partial charge in [-0.3, -0.25) is 0 Å². The Labute approximate surface area is 78.2 Å². The summed E-state index contributed by atoms with van der Waals surface area (Å²) >= 11 is 1.83. The van der Waals surface area contributed by atoms with Gasteiger partial charge in [-0.1, -0.05) is 18.7 Å². The molecule has 0 aliphatic carbocycles. The summed E-state index contributed by atoms with van der Waals surface area (Å²) in [6.07, 6.45) is 6.15. The van der Waals surface area contributed by atoms with Crippen molar-refractivity contribution in [2.45, 2.75) is 20.8 Å². The van der Waals surface area contributed by atoms with E-state index in [1.165, 1.54) is 20.9 Å². The third kappa shape index (κ3) is 1.51. The van der Waals surface area contributed by atoms with Crippen molar-refractivity contribution in [3.63, 3.8) is 0 Å². The Hall–Kier alpha value is -0.820. The Balaban J connectivity index is 3.28. The normalized spacial score (nSPS) is 10.9. The molecule has 1 aromatic heterocycles. The van der Waals surface area contributed by atoms with Crippen LogP contribution in [-0.2, 0) is 0 Å². The van der Waals surface area contributed by atoms with Crippen molar-refractivity contribution in [3.05, 3.63) is 33.5 Å². The van der Waals surface area contributed by atoms with Gasteiger partial charge in [0.2, 0.25) is 0 Å². The van der Waals surface area contributed by atoms with E-state index in [0.717, 1.165) is 0 Å². The van der Waals surface area contributed by atoms with Crippen molar-refractivity contribution in [1.29, 1.82) is 0 Å². The third-order valence-corrected chi connectivity index (χ3v) is 3.17. The molecule has 1 heterocycles. The molecule has 0 atom stereocenters. The fourth-order valence-electron chi connectivity index (χ4n) is 1.20. The van der Waals surface area contributed by atoms with Crippen molar-refractivity contribution >= 4 is 23.5 Å². The summed E-state index contributed by atoms with van der Waals surface area (Å²) in [5.41, 5.74) is 2.65. The lowest BCUT2D eigenvalue weighted by molar-refractivity contribution is 1.42. The van der Waals surface area contributed by atoms with Crippen LogP contribution in [0.5, 0.6) is 0 Å². The van der Waals surface area contributed by atoms with Gasteiger partial charge < -0.3 is 0 Å². The van der Waals surface area contributed by atoms with E-state index in [-0.39, 0.29) is 0 Å². The maximum absolute atomic E-state index is 3.82. The number of thiophene rings is 1. The second-order valence-corrected chi connectivity index (χ2v) is 4.02. The summed E-state index contributed by atoms with van der Waals surface area (Å²) in [7, 11) is 0. The van der Waals surface area contributed by atoms with E-state index < -0.39 is 0 Å². The topological polar surface area (TPSA) is 0 Å². The van der Waals surface area contributed by atoms with Crippen LogP contribution in [-0.4, -0.2) is 0 Å². The Morgan fingerprint density at radius 2 is 2.00 bits per heavy atom. The van der Waals surface area contributed by atoms with Crippen LogP contribution in [0.4, 0.5) is 0 Å². The molecule has 0 nitrogen and oxygen atoms in total. The SMILES string of the molecule is C=Cc1c(C=CC)sc(C)c1C. The van der Waals surface area contributed by atoms with Gasteiger partial charge in [-0.25, -0.2) is 0 Å². The summed E-state index contributed by atoms with van der Waals surface area (Å²) in [5.74, 6) is 0. The fourth-order valence-corrected chi connectivity index (χ4v) is 2.34. The molecule has 0 saturated heterocycles. The Morgan fingerprint density at radius 3 is 2.50 bits per heavy atom. The first-order valence-electron chi connectivity index (χ1n) is 4.05. The molecule has 0 aliphatic rings. The molecule has 0 saturated carbocycles. The number of hydrogen-bond acceptors (Lipinski definition) is 1. The van der Waals surface area contributed by atoms with Crippen LogP contribution in [0, 0.1) is 13.8 Å². The first-order chi connectivity index (χ1) is 5.70. The van der Waals surface area contributed by atoms with Gasteiger partial charge in [-0.05, 0) is 38.0 Å². The minimum Gasteiger partial charge on any atom is -0.140 e. The summed E-state index contributed by atoms with van der Waals surface area (Å²) in [5, 5.41) is 0. The maximum atomic E-state index is 3.82. The summed E-state index contributed by atoms with van der Waals surface area (Å²) in [6.45, 7) is 10.2. The van der Waals surface area contributed by atoms with Gasteiger partial charge in [0.15, 0.2) is 0 Å². The highest BCUT2D eigenvalue weighted by Crippen LogP contribution is 2.29. The van der Waals surface area contributed by atoms with Crippen LogP contribution < -0.4 is 0 Å². The van der Waals surface area contributed by atoms with Crippen LogP contribution in [0.15, 0.2) is 12.7 Å². The van der Waals surface area contributed by atoms with E-state index in [0.29, 0.717) is 0 Å². The molecular formula is C11H14S. The molecule has 0 N–H and O–H groups in total. The largest absolute Gasteiger partial charge is 0.140 e. The highest BCUT2D eigenvalue weighted by Gasteiger charge is 2.05. The van der Waals surface area contributed by atoms with Gasteiger partial charge in [0.25, 0.3) is 0 Å². The molecule has 12 heavy (non-hydrogen) atoms. The van der Waals surface area contributed by atoms with Crippen LogP contribution in [0.25, 0.3) is 12.2 Å². The quantitative estimate of drug-likeness (QED) is 0.641. The van der Waals surface area contributed by atoms with E-state index >= 15 is 0 Å². The lowest BCUT2D eigenvalue weighted by Crippen LogP contribution is -1.75. The fraction of sp³-hybridized carbons (Fsp3) is 0.273. The zero-order chi connectivity index (χ0) is 9.14. The number of rotatable bonds is 2. The highest BCUT2D eigenvalue weighted by molar-refractivity contribution is 7.13. The number of hydrogen-bond donors (Lipinski definition) is 0. The number of aryl methyl sites for hydroxylation is 1. The molecule has 0 bridgehead atoms. The Bertz CT molecular complexity index is 316. The molecule has 0 fully saturated rings. The summed E-state index contributed by atoms with van der Waals surface area (Å²) in [4.78, 5) is 2.71. The second-order valence-electron chi connectivity index (χ2n) is 2.77. The van der Waals surface area contributed by atoms with Gasteiger partial charge in [0.1, 0.15) is 0 Å². The highest BCUT2D eigenvalue weighted by atomic mass is 32.1. The molecule has 1 rings (SSSR count). The summed E-state index contributed by atoms with van der Waals surface area (Å²) < 4.78 is 0. The zero-order valence-electron chi connectivity index (χ0n) is 7.85. The van der Waals surface area contributed by atoms with Gasteiger partial charge in [0.05, 0.1) is 0 Å². The third-order valence-electron chi connectivity index (χ3n) is 1.98. The molecule has 1 heteroatoms. The second kappa shape index (κ2) is 3.72. The smallest absolute Gasteiger partial charge is 0.0344 e. The van der Waals surface area contributed by atoms with Crippen LogP contribution >= 0.6 is 11.3 Å². The molecule has 0 spiro atoms. The summed E-state index contributed by atoms with van der Waals surface area (Å²) in [6, 6.07) is 0. The van der Waals surface area contributed by atoms with Crippen molar-refractivity contribution in [3.8, 4) is 0 Å². The molecule has 0 radical (unpaired) electrons. The average Bonchev–Trinajstić information content (AvgIpc) is 2.29. The first-order valence-corrected chi connectivity index (χ1v) is 4.87. The van der Waals surface area contributed by atoms with E-state index in [2.05, 4.69) is 32.6 Å². The van der Waals surface area contributed by atoms with E-state index in [1.54, 1.807) is 0 Å². The predicted octanol–water partition coefficient (Wildman–Crippen LogP) is 4.04. The monoisotopic (exact) mass is 178 g/mol. The van der Waals surface area contributed by atoms with Gasteiger partial charge in [-0.2, -0.15) is 0 Å². The predicted molar refractivity (Wildman–Crippen MR) is 58.6 cm³/mol. The van der Waals surface area contributed by atoms with E-state index in [4.69, 9.17) is 0 Å². The minimum absolute atomic E-state index is 1.29. The molecule has 0 aromatic carbocycles. The van der Waals surface area contributed by atoms with Gasteiger partial charge in [-0.15, -0.1) is 11.3 Å². The zero-order valence-corrected chi connectivity index (χ0v) is 8.66. The molecule has 0 amide bonds. The Morgan fingerprint density at radius 1 is 1.33 bits per heavy atom. The number of allylic oxidation sites excluding steroid dienone is 1. The molecular weight excluding hydrogens is 164 g/mol. The standard InChI is InChI=1S/C11H14S/c1-5-7-11-10(6-2)8(3)9(4)12-11/h5-7H,2H2,1,3-4H3. The van der Waals surface area contributed by atoms with E-state index in [9.17, 15) is 0 Å². The van der Waals surface area contributed by atoms with E-state index in [1.807, 2.05) is 24.3 Å². The molecule has 0 aliphatic heterocycles. The first kappa shape index (κ1) is 9.27. The van der Waals surface area contributed by atoms with Crippen LogP contribution in [0.2, 0.25) is 0 Å². The Kier molecular flexibility index (Phi) is 2.88. The van der Waals surface area contributed by atoms with Crippen molar-refractivity contribution in [1.82, 2.24) is 0 Å². The van der Waals surface area contributed by atoms with Crippen molar-refractivity contribution < 1.29 is 0 Å². The van der Waals surface area contributed by atoms with Crippen LogP contribution in [0.1, 0.15) is 27.8 Å². The lowest BCUT2D eigenvalue weighted by atomic mass is 10.1. The molecule has 1 aromatic rings. The van der Waals surface area contributed by atoms with Crippen molar-refractivity contribution in [2.75, 3.05) is 0 Å². The van der Waals surface area contributed by atoms with Gasteiger partial charge in [0, 0.05) is 9.75 Å². The maximum Gasteiger partial charge on any atom is 0.0344 e. The average molecular weight is 178 g/mol.